The molecule has 214 valence electrons. The summed E-state index contributed by atoms with van der Waals surface area (Å²) in [4.78, 5) is 40.3. The molecule has 0 aliphatic heterocycles. The van der Waals surface area contributed by atoms with E-state index in [0.717, 1.165) is 63.5 Å². The number of esters is 1. The number of thioether (sulfide) groups is 1. The predicted molar refractivity (Wildman–Crippen MR) is 146 cm³/mol. The number of carbonyl (C=O) groups is 2. The van der Waals surface area contributed by atoms with Crippen LogP contribution in [0.1, 0.15) is 122 Å². The van der Waals surface area contributed by atoms with Gasteiger partial charge in [-0.1, -0.05) is 96.8 Å². The smallest absolute Gasteiger partial charge is 0.468 e. The minimum absolute atomic E-state index is 0.301. The Hall–Kier alpha value is -0.600. The van der Waals surface area contributed by atoms with Crippen LogP contribution in [0, 0.1) is 0 Å². The lowest BCUT2D eigenvalue weighted by atomic mass is 10.1. The number of phosphoric acid groups is 1. The number of carbonyl (C=O) groups excluding carboxylic acids is 2. The fourth-order valence-corrected chi connectivity index (χ4v) is 5.20. The topological polar surface area (TPSA) is 119 Å². The molecule has 0 aromatic rings. The summed E-state index contributed by atoms with van der Waals surface area (Å²) >= 11 is 1.61. The first-order valence-corrected chi connectivity index (χ1v) is 16.6. The Labute approximate surface area is 223 Å². The summed E-state index contributed by atoms with van der Waals surface area (Å²) in [7, 11) is -4.61. The van der Waals surface area contributed by atoms with E-state index in [1.54, 1.807) is 11.8 Å². The van der Waals surface area contributed by atoms with Crippen molar-refractivity contribution in [1.29, 1.82) is 0 Å². The van der Waals surface area contributed by atoms with Crippen LogP contribution in [-0.4, -0.2) is 53.1 Å². The summed E-state index contributed by atoms with van der Waals surface area (Å²) in [6.45, 7) is 2.89. The van der Waals surface area contributed by atoms with E-state index in [1.807, 2.05) is 0 Å². The maximum atomic E-state index is 12.2. The highest BCUT2D eigenvalue weighted by Gasteiger charge is 2.21. The third kappa shape index (κ3) is 28.0. The van der Waals surface area contributed by atoms with Crippen molar-refractivity contribution in [3.8, 4) is 0 Å². The molecule has 10 heteroatoms. The van der Waals surface area contributed by atoms with Gasteiger partial charge in [0.05, 0.1) is 13.2 Å². The first-order valence-electron chi connectivity index (χ1n) is 13.9. The van der Waals surface area contributed by atoms with Crippen molar-refractivity contribution < 1.29 is 37.9 Å². The molecule has 0 aliphatic carbocycles. The molecule has 0 amide bonds. The Balaban J connectivity index is 3.91. The summed E-state index contributed by atoms with van der Waals surface area (Å²) in [6.07, 6.45) is 19.2. The summed E-state index contributed by atoms with van der Waals surface area (Å²) in [5.41, 5.74) is 0. The summed E-state index contributed by atoms with van der Waals surface area (Å²) in [5, 5.41) is 0. The third-order valence-corrected chi connectivity index (χ3v) is 7.55. The zero-order valence-electron chi connectivity index (χ0n) is 22.4. The van der Waals surface area contributed by atoms with Crippen LogP contribution in [0.3, 0.4) is 0 Å². The van der Waals surface area contributed by atoms with E-state index in [-0.39, 0.29) is 12.6 Å². The molecule has 36 heavy (non-hydrogen) atoms. The van der Waals surface area contributed by atoms with E-state index in [0.29, 0.717) is 25.3 Å². The molecule has 0 saturated carbocycles. The van der Waals surface area contributed by atoms with Gasteiger partial charge in [0.1, 0.15) is 6.10 Å². The standard InChI is InChI=1S/C26H51O8PS/c1-2-3-4-5-6-7-8-9-10-13-16-19-26(28)34-25(22-33-35(29,30)31)23-36-21-18-15-12-11-14-17-20-32-24-27/h24-25H,2-23H2,1H3,(H2,29,30,31)/t25-/m1/s1. The van der Waals surface area contributed by atoms with Crippen LogP contribution in [0.5, 0.6) is 0 Å². The van der Waals surface area contributed by atoms with Crippen LogP contribution in [-0.2, 0) is 28.2 Å². The molecule has 1 atom stereocenters. The molecule has 0 aromatic heterocycles. The molecule has 2 N–H and O–H groups in total. The highest BCUT2D eigenvalue weighted by Crippen LogP contribution is 2.36. The maximum absolute atomic E-state index is 12.2. The van der Waals surface area contributed by atoms with E-state index < -0.39 is 13.9 Å². The van der Waals surface area contributed by atoms with Crippen molar-refractivity contribution >= 4 is 32.0 Å². The van der Waals surface area contributed by atoms with E-state index in [9.17, 15) is 14.2 Å². The first kappa shape index (κ1) is 35.4. The number of rotatable bonds is 28. The van der Waals surface area contributed by atoms with Gasteiger partial charge in [0.15, 0.2) is 0 Å². The van der Waals surface area contributed by atoms with Crippen molar-refractivity contribution in [3.63, 3.8) is 0 Å². The van der Waals surface area contributed by atoms with Gasteiger partial charge >= 0.3 is 13.8 Å². The van der Waals surface area contributed by atoms with Crippen molar-refractivity contribution in [2.75, 3.05) is 24.7 Å². The van der Waals surface area contributed by atoms with Gasteiger partial charge in [-0.25, -0.2) is 4.57 Å². The lowest BCUT2D eigenvalue weighted by Gasteiger charge is -2.18. The molecule has 0 aromatic carbocycles. The molecule has 0 unspecified atom stereocenters. The first-order chi connectivity index (χ1) is 17.4. The molecule has 0 rings (SSSR count). The normalized spacial score (nSPS) is 12.4. The Kier molecular flexibility index (Phi) is 25.6. The van der Waals surface area contributed by atoms with Crippen LogP contribution >= 0.6 is 19.6 Å². The SMILES string of the molecule is CCCCCCCCCCCCCC(=O)O[C@H](COP(=O)(O)O)CSCCCCCCCCOC=O. The van der Waals surface area contributed by atoms with Crippen molar-refractivity contribution in [3.05, 3.63) is 0 Å². The lowest BCUT2D eigenvalue weighted by Crippen LogP contribution is -2.25. The van der Waals surface area contributed by atoms with Gasteiger partial charge in [-0.15, -0.1) is 0 Å². The van der Waals surface area contributed by atoms with Gasteiger partial charge in [0.2, 0.25) is 0 Å². The van der Waals surface area contributed by atoms with Crippen molar-refractivity contribution in [1.82, 2.24) is 0 Å². The zero-order chi connectivity index (χ0) is 26.7. The molecule has 0 saturated heterocycles. The van der Waals surface area contributed by atoms with Crippen LogP contribution in [0.2, 0.25) is 0 Å². The molecule has 0 fully saturated rings. The summed E-state index contributed by atoms with van der Waals surface area (Å²) in [6, 6.07) is 0. The Morgan fingerprint density at radius 2 is 1.36 bits per heavy atom. The number of unbranched alkanes of at least 4 members (excludes halogenated alkanes) is 15. The number of phosphoric ester groups is 1. The molecular formula is C26H51O8PS. The van der Waals surface area contributed by atoms with Gasteiger partial charge in [-0.3, -0.25) is 14.1 Å². The summed E-state index contributed by atoms with van der Waals surface area (Å²) in [5.74, 6) is 1.01. The van der Waals surface area contributed by atoms with Gasteiger partial charge < -0.3 is 19.3 Å². The molecule has 0 heterocycles. The van der Waals surface area contributed by atoms with Crippen molar-refractivity contribution in [2.24, 2.45) is 0 Å². The minimum Gasteiger partial charge on any atom is -0.468 e. The fourth-order valence-electron chi connectivity index (χ4n) is 3.83. The highest BCUT2D eigenvalue weighted by molar-refractivity contribution is 7.99. The zero-order valence-corrected chi connectivity index (χ0v) is 24.1. The van der Waals surface area contributed by atoms with Crippen LogP contribution in [0.15, 0.2) is 0 Å². The second-order valence-electron chi connectivity index (χ2n) is 9.35. The molecule has 8 nitrogen and oxygen atoms in total. The second-order valence-corrected chi connectivity index (χ2v) is 11.7. The average Bonchev–Trinajstić information content (AvgIpc) is 2.83. The van der Waals surface area contributed by atoms with E-state index in [2.05, 4.69) is 16.2 Å². The Bertz CT molecular complexity index is 558. The monoisotopic (exact) mass is 554 g/mol. The summed E-state index contributed by atoms with van der Waals surface area (Å²) < 4.78 is 25.8. The molecule has 0 radical (unpaired) electrons. The lowest BCUT2D eigenvalue weighted by molar-refractivity contribution is -0.149. The largest absolute Gasteiger partial charge is 0.469 e. The number of ether oxygens (including phenoxy) is 2. The van der Waals surface area contributed by atoms with Crippen LogP contribution < -0.4 is 0 Å². The van der Waals surface area contributed by atoms with Crippen molar-refractivity contribution in [2.45, 2.75) is 129 Å². The van der Waals surface area contributed by atoms with E-state index in [1.165, 1.54) is 51.4 Å². The molecule has 0 spiro atoms. The third-order valence-electron chi connectivity index (χ3n) is 5.88. The molecular weight excluding hydrogens is 503 g/mol. The molecule has 0 bridgehead atoms. The quantitative estimate of drug-likeness (QED) is 0.0458. The van der Waals surface area contributed by atoms with Crippen LogP contribution in [0.25, 0.3) is 0 Å². The van der Waals surface area contributed by atoms with E-state index in [4.69, 9.17) is 14.5 Å². The van der Waals surface area contributed by atoms with Gasteiger partial charge in [0.25, 0.3) is 6.47 Å². The fraction of sp³-hybridized carbons (Fsp3) is 0.923. The maximum Gasteiger partial charge on any atom is 0.469 e. The predicted octanol–water partition coefficient (Wildman–Crippen LogP) is 6.96. The van der Waals surface area contributed by atoms with Gasteiger partial charge in [0, 0.05) is 12.2 Å². The minimum atomic E-state index is -4.61. The molecule has 0 aliphatic rings. The number of hydrogen-bond donors (Lipinski definition) is 2. The highest BCUT2D eigenvalue weighted by atomic mass is 32.2. The Morgan fingerprint density at radius 1 is 0.833 bits per heavy atom. The van der Waals surface area contributed by atoms with E-state index >= 15 is 0 Å². The average molecular weight is 555 g/mol. The van der Waals surface area contributed by atoms with Gasteiger partial charge in [-0.2, -0.15) is 11.8 Å². The van der Waals surface area contributed by atoms with Crippen LogP contribution in [0.4, 0.5) is 0 Å². The van der Waals surface area contributed by atoms with Gasteiger partial charge in [-0.05, 0) is 25.0 Å². The second kappa shape index (κ2) is 26.0. The Morgan fingerprint density at radius 3 is 1.92 bits per heavy atom. The number of hydrogen-bond acceptors (Lipinski definition) is 7.